The third kappa shape index (κ3) is 4.18. The first-order valence-electron chi connectivity index (χ1n) is 11.3. The maximum atomic E-state index is 5.51. The van der Waals surface area contributed by atoms with Crippen molar-refractivity contribution < 1.29 is 4.74 Å². The number of nitrogens with one attached hydrogen (secondary N) is 1. The molecule has 0 aromatic heterocycles. The Labute approximate surface area is 189 Å². The summed E-state index contributed by atoms with van der Waals surface area (Å²) < 4.78 is 5.51. The first kappa shape index (κ1) is 20.8. The van der Waals surface area contributed by atoms with Gasteiger partial charge in [-0.3, -0.25) is 10.2 Å². The van der Waals surface area contributed by atoms with Gasteiger partial charge in [0.15, 0.2) is 0 Å². The van der Waals surface area contributed by atoms with Crippen molar-refractivity contribution in [3.63, 3.8) is 0 Å². The van der Waals surface area contributed by atoms with E-state index in [0.717, 1.165) is 51.6 Å². The van der Waals surface area contributed by atoms with Gasteiger partial charge in [0, 0.05) is 23.7 Å². The third-order valence-corrected chi connectivity index (χ3v) is 7.57. The molecule has 0 radical (unpaired) electrons. The van der Waals surface area contributed by atoms with E-state index >= 15 is 0 Å². The van der Waals surface area contributed by atoms with Gasteiger partial charge in [0.2, 0.25) is 0 Å². The number of hydrogen-bond donors (Lipinski definition) is 1. The normalized spacial score (nSPS) is 21.2. The van der Waals surface area contributed by atoms with Gasteiger partial charge in [0.1, 0.15) is 0 Å². The fraction of sp³-hybridized carbons (Fsp3) is 0.333. The molecule has 0 amide bonds. The Balaban J connectivity index is 1.54. The lowest BCUT2D eigenvalue weighted by Crippen LogP contribution is -2.46. The van der Waals surface area contributed by atoms with Gasteiger partial charge in [-0.05, 0) is 47.8 Å². The number of thioether (sulfide) groups is 1. The van der Waals surface area contributed by atoms with Crippen LogP contribution in [-0.2, 0) is 16.0 Å². The van der Waals surface area contributed by atoms with Gasteiger partial charge in [0.05, 0.1) is 18.8 Å². The molecular weight excluding hydrogens is 400 g/mol. The Kier molecular flexibility index (Phi) is 6.42. The predicted octanol–water partition coefficient (Wildman–Crippen LogP) is 4.90. The Morgan fingerprint density at radius 2 is 1.55 bits per heavy atom. The minimum Gasteiger partial charge on any atom is -0.379 e. The summed E-state index contributed by atoms with van der Waals surface area (Å²) in [4.78, 5) is 3.88. The number of morpholine rings is 1. The van der Waals surface area contributed by atoms with E-state index in [1.165, 1.54) is 27.1 Å². The van der Waals surface area contributed by atoms with E-state index in [4.69, 9.17) is 4.74 Å². The second-order valence-electron chi connectivity index (χ2n) is 8.29. The maximum absolute atomic E-state index is 5.51. The zero-order valence-electron chi connectivity index (χ0n) is 17.9. The van der Waals surface area contributed by atoms with Gasteiger partial charge in [-0.25, -0.2) is 0 Å². The number of hydrogen-bond acceptors (Lipinski definition) is 4. The zero-order chi connectivity index (χ0) is 20.9. The smallest absolute Gasteiger partial charge is 0.0961 e. The molecule has 0 bridgehead atoms. The minimum atomic E-state index is -0.344. The van der Waals surface area contributed by atoms with E-state index in [1.807, 2.05) is 11.8 Å². The van der Waals surface area contributed by atoms with Crippen molar-refractivity contribution in [1.82, 2.24) is 10.2 Å². The fourth-order valence-electron chi connectivity index (χ4n) is 4.91. The van der Waals surface area contributed by atoms with Crippen LogP contribution in [0.3, 0.4) is 0 Å². The van der Waals surface area contributed by atoms with Crippen LogP contribution in [0.1, 0.15) is 28.7 Å². The highest BCUT2D eigenvalue weighted by Gasteiger charge is 2.40. The average molecular weight is 431 g/mol. The van der Waals surface area contributed by atoms with Crippen molar-refractivity contribution in [1.29, 1.82) is 0 Å². The quantitative estimate of drug-likeness (QED) is 0.563. The van der Waals surface area contributed by atoms with Crippen LogP contribution >= 0.6 is 11.8 Å². The van der Waals surface area contributed by atoms with Crippen LogP contribution in [0, 0.1) is 0 Å². The summed E-state index contributed by atoms with van der Waals surface area (Å²) in [7, 11) is 0. The molecule has 31 heavy (non-hydrogen) atoms. The molecule has 2 aliphatic rings. The van der Waals surface area contributed by atoms with E-state index < -0.39 is 0 Å². The first-order chi connectivity index (χ1) is 15.4. The molecule has 4 heteroatoms. The molecule has 0 spiro atoms. The third-order valence-electron chi connectivity index (χ3n) is 6.45. The van der Waals surface area contributed by atoms with E-state index in [9.17, 15) is 0 Å². The van der Waals surface area contributed by atoms with Crippen LogP contribution in [0.2, 0.25) is 0 Å². The molecule has 5 rings (SSSR count). The second-order valence-corrected chi connectivity index (χ2v) is 9.31. The highest BCUT2D eigenvalue weighted by atomic mass is 32.2. The van der Waals surface area contributed by atoms with Gasteiger partial charge in [0.25, 0.3) is 0 Å². The predicted molar refractivity (Wildman–Crippen MR) is 129 cm³/mol. The topological polar surface area (TPSA) is 24.5 Å². The molecule has 0 aliphatic carbocycles. The summed E-state index contributed by atoms with van der Waals surface area (Å²) in [6, 6.07) is 28.9. The Bertz CT molecular complexity index is 953. The van der Waals surface area contributed by atoms with Crippen molar-refractivity contribution in [2.75, 3.05) is 39.4 Å². The summed E-state index contributed by atoms with van der Waals surface area (Å²) in [6.45, 7) is 5.88. The Morgan fingerprint density at radius 1 is 0.839 bits per heavy atom. The lowest BCUT2D eigenvalue weighted by Gasteiger charge is -2.38. The lowest BCUT2D eigenvalue weighted by atomic mass is 9.75. The Hall–Kier alpha value is -2.11. The number of benzene rings is 3. The minimum absolute atomic E-state index is 0.344. The molecule has 1 atom stereocenters. The van der Waals surface area contributed by atoms with Crippen molar-refractivity contribution in [2.45, 2.75) is 22.6 Å². The maximum Gasteiger partial charge on any atom is 0.0961 e. The molecular formula is C27H30N2OS. The number of ether oxygens (including phenoxy) is 1. The van der Waals surface area contributed by atoms with E-state index in [0.29, 0.717) is 0 Å². The number of rotatable bonds is 6. The summed E-state index contributed by atoms with van der Waals surface area (Å²) in [5.74, 6) is 0.997. The molecule has 1 N–H and O–H groups in total. The Morgan fingerprint density at radius 3 is 2.39 bits per heavy atom. The SMILES string of the molecule is c1ccc(C2(NCCCN3CCOCC3)c3ccccc3CSc3ccccc32)cc1. The lowest BCUT2D eigenvalue weighted by molar-refractivity contribution is 0.0373. The number of nitrogens with zero attached hydrogens (tertiary/aromatic N) is 1. The molecule has 0 saturated carbocycles. The number of fused-ring (bicyclic) bond motifs is 2. The van der Waals surface area contributed by atoms with Crippen LogP contribution < -0.4 is 5.32 Å². The van der Waals surface area contributed by atoms with Gasteiger partial charge in [-0.2, -0.15) is 0 Å². The van der Waals surface area contributed by atoms with Crippen molar-refractivity contribution >= 4 is 11.8 Å². The molecule has 1 unspecified atom stereocenters. The highest BCUT2D eigenvalue weighted by molar-refractivity contribution is 7.98. The zero-order valence-corrected chi connectivity index (χ0v) is 18.7. The van der Waals surface area contributed by atoms with Crippen LogP contribution in [0.4, 0.5) is 0 Å². The molecule has 1 fully saturated rings. The fourth-order valence-corrected chi connectivity index (χ4v) is 6.02. The summed E-state index contributed by atoms with van der Waals surface area (Å²) in [6.07, 6.45) is 1.12. The van der Waals surface area contributed by atoms with Crippen LogP contribution in [0.25, 0.3) is 0 Å². The van der Waals surface area contributed by atoms with Crippen molar-refractivity contribution in [2.24, 2.45) is 0 Å². The molecule has 3 nitrogen and oxygen atoms in total. The van der Waals surface area contributed by atoms with Gasteiger partial charge in [-0.15, -0.1) is 11.8 Å². The summed E-state index contributed by atoms with van der Waals surface area (Å²) >= 11 is 1.95. The average Bonchev–Trinajstić information content (AvgIpc) is 2.99. The molecule has 3 aromatic carbocycles. The molecule has 3 aromatic rings. The van der Waals surface area contributed by atoms with E-state index in [2.05, 4.69) is 89.1 Å². The molecule has 160 valence electrons. The van der Waals surface area contributed by atoms with E-state index in [-0.39, 0.29) is 5.54 Å². The van der Waals surface area contributed by atoms with Crippen LogP contribution in [0.15, 0.2) is 83.8 Å². The molecule has 2 aliphatic heterocycles. The highest BCUT2D eigenvalue weighted by Crippen LogP contribution is 2.46. The molecule has 2 heterocycles. The van der Waals surface area contributed by atoms with Gasteiger partial charge < -0.3 is 4.74 Å². The largest absolute Gasteiger partial charge is 0.379 e. The van der Waals surface area contributed by atoms with E-state index in [1.54, 1.807) is 0 Å². The first-order valence-corrected chi connectivity index (χ1v) is 12.3. The van der Waals surface area contributed by atoms with Crippen LogP contribution in [0.5, 0.6) is 0 Å². The summed E-state index contributed by atoms with van der Waals surface area (Å²) in [5.41, 5.74) is 5.12. The second kappa shape index (κ2) is 9.58. The van der Waals surface area contributed by atoms with Crippen LogP contribution in [-0.4, -0.2) is 44.3 Å². The van der Waals surface area contributed by atoms with Gasteiger partial charge in [-0.1, -0.05) is 72.8 Å². The van der Waals surface area contributed by atoms with Crippen molar-refractivity contribution in [3.05, 3.63) is 101 Å². The molecule has 1 saturated heterocycles. The van der Waals surface area contributed by atoms with Gasteiger partial charge >= 0.3 is 0 Å². The van der Waals surface area contributed by atoms with Crippen molar-refractivity contribution in [3.8, 4) is 0 Å². The monoisotopic (exact) mass is 430 g/mol. The standard InChI is InChI=1S/C27H30N2OS/c1-2-10-23(11-3-1)27(28-15-8-16-29-17-19-30-20-18-29)24-12-5-4-9-22(24)21-31-26-14-7-6-13-25(26)27/h1-7,9-14,28H,8,15-21H2. The summed E-state index contributed by atoms with van der Waals surface area (Å²) in [5, 5.41) is 4.07.